The topological polar surface area (TPSA) is 95.9 Å². The minimum atomic E-state index is -1.03. The number of amides is 2. The maximum absolute atomic E-state index is 12.9. The predicted molar refractivity (Wildman–Crippen MR) is 122 cm³/mol. The second-order valence-electron chi connectivity index (χ2n) is 7.99. The van der Waals surface area contributed by atoms with Crippen molar-refractivity contribution in [2.24, 2.45) is 0 Å². The number of nitrogens with zero attached hydrogens (tertiary/aromatic N) is 1. The number of benzene rings is 2. The molecule has 3 unspecified atom stereocenters. The van der Waals surface area contributed by atoms with Crippen molar-refractivity contribution >= 4 is 29.7 Å². The Morgan fingerprint density at radius 1 is 1.12 bits per heavy atom. The zero-order valence-electron chi connectivity index (χ0n) is 18.0. The number of ether oxygens (including phenoxy) is 1. The molecule has 1 heterocycles. The Morgan fingerprint density at radius 3 is 2.28 bits per heavy atom. The second kappa shape index (κ2) is 9.24. The molecule has 2 amide bonds. The Kier molecular flexibility index (Phi) is 6.41. The van der Waals surface area contributed by atoms with Crippen LogP contribution in [0.5, 0.6) is 0 Å². The molecule has 168 valence electrons. The van der Waals surface area contributed by atoms with Crippen LogP contribution in [0.3, 0.4) is 0 Å². The fourth-order valence-corrected chi connectivity index (χ4v) is 5.82. The van der Waals surface area contributed by atoms with E-state index < -0.39 is 30.1 Å². The van der Waals surface area contributed by atoms with E-state index in [9.17, 15) is 19.5 Å². The van der Waals surface area contributed by atoms with Crippen molar-refractivity contribution in [2.45, 2.75) is 43.6 Å². The first-order chi connectivity index (χ1) is 15.4. The number of thioether (sulfide) groups is 1. The third-order valence-electron chi connectivity index (χ3n) is 6.03. The minimum Gasteiger partial charge on any atom is -0.480 e. The lowest BCUT2D eigenvalue weighted by atomic mass is 9.98. The maximum atomic E-state index is 12.9. The molecule has 32 heavy (non-hydrogen) atoms. The van der Waals surface area contributed by atoms with Gasteiger partial charge in [-0.3, -0.25) is 4.79 Å². The van der Waals surface area contributed by atoms with Gasteiger partial charge in [-0.1, -0.05) is 55.5 Å². The molecule has 1 saturated heterocycles. The Bertz CT molecular complexity index is 997. The molecule has 2 aliphatic rings. The van der Waals surface area contributed by atoms with Crippen LogP contribution in [0.2, 0.25) is 0 Å². The molecule has 2 aromatic rings. The SMILES string of the molecule is CCC1SCC(C(=O)O)N1C(=O)C(C)NC(=O)OCC1c2ccccc2-c2ccccc21. The van der Waals surface area contributed by atoms with E-state index in [4.69, 9.17) is 4.74 Å². The van der Waals surface area contributed by atoms with E-state index in [1.165, 1.54) is 16.7 Å². The van der Waals surface area contributed by atoms with Crippen LogP contribution in [0.1, 0.15) is 37.3 Å². The van der Waals surface area contributed by atoms with Gasteiger partial charge in [-0.25, -0.2) is 9.59 Å². The number of rotatable bonds is 6. The third kappa shape index (κ3) is 4.07. The minimum absolute atomic E-state index is 0.0741. The first-order valence-corrected chi connectivity index (χ1v) is 11.7. The van der Waals surface area contributed by atoms with E-state index in [1.807, 2.05) is 43.3 Å². The molecule has 0 bridgehead atoms. The Labute approximate surface area is 191 Å². The lowest BCUT2D eigenvalue weighted by molar-refractivity contribution is -0.149. The van der Waals surface area contributed by atoms with Crippen LogP contribution < -0.4 is 5.32 Å². The molecule has 7 nitrogen and oxygen atoms in total. The van der Waals surface area contributed by atoms with Crippen molar-refractivity contribution in [1.82, 2.24) is 10.2 Å². The highest BCUT2D eigenvalue weighted by Gasteiger charge is 2.42. The summed E-state index contributed by atoms with van der Waals surface area (Å²) in [5.41, 5.74) is 4.49. The van der Waals surface area contributed by atoms with Gasteiger partial charge in [0, 0.05) is 11.7 Å². The van der Waals surface area contributed by atoms with Crippen LogP contribution in [-0.4, -0.2) is 57.8 Å². The summed E-state index contributed by atoms with van der Waals surface area (Å²) in [6.45, 7) is 3.61. The number of carboxylic acids is 1. The Morgan fingerprint density at radius 2 is 1.72 bits per heavy atom. The molecule has 0 saturated carbocycles. The second-order valence-corrected chi connectivity index (χ2v) is 9.20. The lowest BCUT2D eigenvalue weighted by Gasteiger charge is -2.29. The van der Waals surface area contributed by atoms with Crippen LogP contribution in [0.25, 0.3) is 11.1 Å². The summed E-state index contributed by atoms with van der Waals surface area (Å²) in [6.07, 6.45) is -0.0582. The van der Waals surface area contributed by atoms with E-state index >= 15 is 0 Å². The summed E-state index contributed by atoms with van der Waals surface area (Å²) in [5.74, 6) is -1.18. The molecule has 8 heteroatoms. The summed E-state index contributed by atoms with van der Waals surface area (Å²) < 4.78 is 5.51. The van der Waals surface area contributed by atoms with Gasteiger partial charge >= 0.3 is 12.1 Å². The number of alkyl carbamates (subject to hydrolysis) is 1. The lowest BCUT2D eigenvalue weighted by Crippen LogP contribution is -2.53. The summed E-state index contributed by atoms with van der Waals surface area (Å²) in [6, 6.07) is 14.3. The highest BCUT2D eigenvalue weighted by molar-refractivity contribution is 8.00. The van der Waals surface area contributed by atoms with Crippen LogP contribution >= 0.6 is 11.8 Å². The average Bonchev–Trinajstić information content (AvgIpc) is 3.36. The zero-order valence-corrected chi connectivity index (χ0v) is 18.8. The predicted octanol–water partition coefficient (Wildman–Crippen LogP) is 3.68. The number of carboxylic acid groups (broad SMARTS) is 1. The van der Waals surface area contributed by atoms with E-state index in [0.717, 1.165) is 22.3 Å². The molecule has 0 aromatic heterocycles. The Balaban J connectivity index is 1.40. The molecule has 0 spiro atoms. The van der Waals surface area contributed by atoms with Crippen LogP contribution in [0.15, 0.2) is 48.5 Å². The molecule has 1 fully saturated rings. The van der Waals surface area contributed by atoms with Crippen molar-refractivity contribution in [3.8, 4) is 11.1 Å². The van der Waals surface area contributed by atoms with Gasteiger partial charge in [0.2, 0.25) is 5.91 Å². The first-order valence-electron chi connectivity index (χ1n) is 10.7. The van der Waals surface area contributed by atoms with Crippen LogP contribution in [0, 0.1) is 0 Å². The fourth-order valence-electron chi connectivity index (χ4n) is 4.47. The van der Waals surface area contributed by atoms with Gasteiger partial charge in [0.25, 0.3) is 0 Å². The highest BCUT2D eigenvalue weighted by Crippen LogP contribution is 2.44. The van der Waals surface area contributed by atoms with Gasteiger partial charge < -0.3 is 20.1 Å². The molecule has 0 radical (unpaired) electrons. The highest BCUT2D eigenvalue weighted by atomic mass is 32.2. The summed E-state index contributed by atoms with van der Waals surface area (Å²) >= 11 is 1.45. The zero-order chi connectivity index (χ0) is 22.8. The molecule has 2 N–H and O–H groups in total. The fraction of sp³-hybridized carbons (Fsp3) is 0.375. The first kappa shape index (κ1) is 22.2. The van der Waals surface area contributed by atoms with Crippen molar-refractivity contribution in [3.63, 3.8) is 0 Å². The number of hydrogen-bond donors (Lipinski definition) is 2. The van der Waals surface area contributed by atoms with Gasteiger partial charge in [-0.15, -0.1) is 11.8 Å². The van der Waals surface area contributed by atoms with Crippen molar-refractivity contribution in [2.75, 3.05) is 12.4 Å². The molecule has 3 atom stereocenters. The smallest absolute Gasteiger partial charge is 0.407 e. The van der Waals surface area contributed by atoms with Gasteiger partial charge in [0.05, 0.1) is 5.37 Å². The van der Waals surface area contributed by atoms with Crippen molar-refractivity contribution < 1.29 is 24.2 Å². The van der Waals surface area contributed by atoms with E-state index in [-0.39, 0.29) is 17.9 Å². The van der Waals surface area contributed by atoms with Crippen molar-refractivity contribution in [1.29, 1.82) is 0 Å². The summed E-state index contributed by atoms with van der Waals surface area (Å²) in [7, 11) is 0. The van der Waals surface area contributed by atoms with Crippen LogP contribution in [-0.2, 0) is 14.3 Å². The largest absolute Gasteiger partial charge is 0.480 e. The van der Waals surface area contributed by atoms with Crippen molar-refractivity contribution in [3.05, 3.63) is 59.7 Å². The number of nitrogens with one attached hydrogen (secondary N) is 1. The quantitative estimate of drug-likeness (QED) is 0.691. The number of hydrogen-bond acceptors (Lipinski definition) is 5. The van der Waals surface area contributed by atoms with Gasteiger partial charge in [0.1, 0.15) is 18.7 Å². The monoisotopic (exact) mass is 454 g/mol. The average molecular weight is 455 g/mol. The summed E-state index contributed by atoms with van der Waals surface area (Å²) in [4.78, 5) is 38.4. The maximum Gasteiger partial charge on any atom is 0.407 e. The Hall–Kier alpha value is -3.00. The van der Waals surface area contributed by atoms with E-state index in [0.29, 0.717) is 12.2 Å². The van der Waals surface area contributed by atoms with E-state index in [1.54, 1.807) is 6.92 Å². The van der Waals surface area contributed by atoms with Crippen LogP contribution in [0.4, 0.5) is 4.79 Å². The van der Waals surface area contributed by atoms with E-state index in [2.05, 4.69) is 17.4 Å². The number of carbonyl (C=O) groups excluding carboxylic acids is 2. The normalized spacial score (nSPS) is 20.4. The molecular weight excluding hydrogens is 428 g/mol. The van der Waals surface area contributed by atoms with Gasteiger partial charge in [0.15, 0.2) is 0 Å². The van der Waals surface area contributed by atoms with Gasteiger partial charge in [-0.2, -0.15) is 0 Å². The third-order valence-corrected chi connectivity index (χ3v) is 7.48. The standard InChI is InChI=1S/C24H26N2O5S/c1-3-21-26(20(13-32-21)23(28)29)22(27)14(2)25-24(30)31-12-19-17-10-6-4-8-15(17)16-9-5-7-11-18(16)19/h4-11,14,19-21H,3,12-13H2,1-2H3,(H,25,30)(H,28,29). The number of fused-ring (bicyclic) bond motifs is 3. The molecule has 4 rings (SSSR count). The molecular formula is C24H26N2O5S. The number of carbonyl (C=O) groups is 3. The molecule has 1 aliphatic carbocycles. The molecule has 2 aromatic carbocycles. The number of aliphatic carboxylic acids is 1. The van der Waals surface area contributed by atoms with Gasteiger partial charge in [-0.05, 0) is 35.6 Å². The molecule has 1 aliphatic heterocycles. The summed E-state index contributed by atoms with van der Waals surface area (Å²) in [5, 5.41) is 11.8.